The molecule has 3 rings (SSSR count). The lowest BCUT2D eigenvalue weighted by molar-refractivity contribution is 0.594. The second-order valence-electron chi connectivity index (χ2n) is 6.46. The zero-order chi connectivity index (χ0) is 17.8. The highest BCUT2D eigenvalue weighted by Gasteiger charge is 2.32. The maximum Gasteiger partial charge on any atom is 0.0134 e. The summed E-state index contributed by atoms with van der Waals surface area (Å²) in [7, 11) is 0. The van der Waals surface area contributed by atoms with Gasteiger partial charge in [-0.1, -0.05) is 86.6 Å². The molecule has 0 N–H and O–H groups in total. The van der Waals surface area contributed by atoms with Crippen molar-refractivity contribution < 1.29 is 0 Å². The lowest BCUT2D eigenvalue weighted by atomic mass is 9.68. The van der Waals surface area contributed by atoms with E-state index in [9.17, 15) is 0 Å². The highest BCUT2D eigenvalue weighted by atomic mass is 32.1. The van der Waals surface area contributed by atoms with E-state index in [1.807, 2.05) is 18.2 Å². The van der Waals surface area contributed by atoms with Gasteiger partial charge in [-0.3, -0.25) is 0 Å². The second-order valence-corrected chi connectivity index (χ2v) is 7.04. The normalized spacial score (nSPS) is 25.2. The Bertz CT molecular complexity index is 818. The van der Waals surface area contributed by atoms with Crippen LogP contribution in [0.1, 0.15) is 12.8 Å². The molecule has 0 radical (unpaired) electrons. The first kappa shape index (κ1) is 17.6. The van der Waals surface area contributed by atoms with Gasteiger partial charge >= 0.3 is 0 Å². The highest BCUT2D eigenvalue weighted by Crippen LogP contribution is 2.45. The molecule has 3 aliphatic rings. The van der Waals surface area contributed by atoms with Crippen LogP contribution in [0, 0.1) is 11.8 Å². The molecule has 0 aromatic rings. The molecular weight excluding hydrogens is 320 g/mol. The van der Waals surface area contributed by atoms with Gasteiger partial charge in [0.1, 0.15) is 0 Å². The molecule has 0 nitrogen and oxygen atoms in total. The Kier molecular flexibility index (Phi) is 5.45. The summed E-state index contributed by atoms with van der Waals surface area (Å²) in [6, 6.07) is 0. The highest BCUT2D eigenvalue weighted by molar-refractivity contribution is 7.84. The third kappa shape index (κ3) is 3.57. The van der Waals surface area contributed by atoms with Crippen molar-refractivity contribution in [2.24, 2.45) is 11.8 Å². The predicted molar refractivity (Wildman–Crippen MR) is 113 cm³/mol. The van der Waals surface area contributed by atoms with Crippen LogP contribution >= 0.6 is 12.6 Å². The fourth-order valence-corrected chi connectivity index (χ4v) is 3.91. The van der Waals surface area contributed by atoms with E-state index in [0.717, 1.165) is 23.3 Å². The Morgan fingerprint density at radius 3 is 2.48 bits per heavy atom. The van der Waals surface area contributed by atoms with Crippen molar-refractivity contribution in [1.82, 2.24) is 0 Å². The fourth-order valence-electron chi connectivity index (χ4n) is 3.72. The molecule has 0 heterocycles. The molecule has 0 saturated heterocycles. The molecule has 3 aliphatic carbocycles. The van der Waals surface area contributed by atoms with Crippen LogP contribution in [0.2, 0.25) is 0 Å². The zero-order valence-electron chi connectivity index (χ0n) is 14.5. The molecule has 0 aromatic carbocycles. The van der Waals surface area contributed by atoms with Crippen molar-refractivity contribution >= 4 is 12.6 Å². The number of rotatable bonds is 5. The Morgan fingerprint density at radius 2 is 1.84 bits per heavy atom. The van der Waals surface area contributed by atoms with Gasteiger partial charge in [-0.25, -0.2) is 0 Å². The first-order chi connectivity index (χ1) is 12.2. The fraction of sp³-hybridized carbons (Fsp3) is 0.167. The Labute approximate surface area is 156 Å². The molecule has 0 aromatic heterocycles. The summed E-state index contributed by atoms with van der Waals surface area (Å²) in [5, 5.41) is 0. The summed E-state index contributed by atoms with van der Waals surface area (Å²) < 4.78 is 0. The van der Waals surface area contributed by atoms with E-state index in [0.29, 0.717) is 11.8 Å². The summed E-state index contributed by atoms with van der Waals surface area (Å²) in [6.07, 6.45) is 25.2. The second kappa shape index (κ2) is 7.76. The molecule has 0 spiro atoms. The summed E-state index contributed by atoms with van der Waals surface area (Å²) in [6.45, 7) is 12.1. The molecule has 0 fully saturated rings. The Morgan fingerprint density at radius 1 is 1.08 bits per heavy atom. The molecule has 0 aliphatic heterocycles. The number of hydrogen-bond donors (Lipinski definition) is 1. The standard InChI is InChI=1S/C24H24S/c1-4-6-9-17(3)23-16-18(5-2)24(19-12-14-20(25)15-13-19)22-11-8-7-10-21(22)23/h4-12,14,16,21-22,25H,1-3,13,15H2/b9-6-. The minimum absolute atomic E-state index is 0.313. The minimum Gasteiger partial charge on any atom is -0.148 e. The molecule has 0 saturated carbocycles. The molecule has 2 unspecified atom stereocenters. The van der Waals surface area contributed by atoms with E-state index in [4.69, 9.17) is 0 Å². The molecule has 126 valence electrons. The lowest BCUT2D eigenvalue weighted by Crippen LogP contribution is -2.24. The molecule has 0 bridgehead atoms. The van der Waals surface area contributed by atoms with Gasteiger partial charge in [-0.2, -0.15) is 0 Å². The maximum absolute atomic E-state index is 4.49. The summed E-state index contributed by atoms with van der Waals surface area (Å²) in [5.74, 6) is 0.640. The number of allylic oxidation sites excluding steroid dienone is 17. The van der Waals surface area contributed by atoms with Gasteiger partial charge in [-0.05, 0) is 45.6 Å². The van der Waals surface area contributed by atoms with E-state index in [2.05, 4.69) is 74.9 Å². The van der Waals surface area contributed by atoms with Gasteiger partial charge in [-0.15, -0.1) is 12.6 Å². The maximum atomic E-state index is 4.49. The van der Waals surface area contributed by atoms with Crippen LogP contribution in [0.3, 0.4) is 0 Å². The van der Waals surface area contributed by atoms with Crippen molar-refractivity contribution in [3.05, 3.63) is 119 Å². The quantitative estimate of drug-likeness (QED) is 0.421. The van der Waals surface area contributed by atoms with Crippen LogP contribution in [0.25, 0.3) is 0 Å². The van der Waals surface area contributed by atoms with Crippen LogP contribution in [0.15, 0.2) is 119 Å². The van der Waals surface area contributed by atoms with E-state index < -0.39 is 0 Å². The van der Waals surface area contributed by atoms with Crippen LogP contribution < -0.4 is 0 Å². The van der Waals surface area contributed by atoms with Crippen molar-refractivity contribution in [3.8, 4) is 0 Å². The molecule has 25 heavy (non-hydrogen) atoms. The average Bonchev–Trinajstić information content (AvgIpc) is 2.65. The van der Waals surface area contributed by atoms with Crippen LogP contribution in [0.4, 0.5) is 0 Å². The minimum atomic E-state index is 0.313. The summed E-state index contributed by atoms with van der Waals surface area (Å²) in [5.41, 5.74) is 6.27. The SMILES string of the molecule is C=C/C=C\C(=C)C1=CC(C=C)=C(C2=CC=C(S)CC2)C2C=CC=CC12. The third-order valence-electron chi connectivity index (χ3n) is 4.95. The zero-order valence-corrected chi connectivity index (χ0v) is 15.4. The van der Waals surface area contributed by atoms with Crippen LogP contribution in [0.5, 0.6) is 0 Å². The number of hydrogen-bond acceptors (Lipinski definition) is 1. The van der Waals surface area contributed by atoms with Crippen molar-refractivity contribution in [2.45, 2.75) is 12.8 Å². The van der Waals surface area contributed by atoms with E-state index in [1.54, 1.807) is 6.08 Å². The Hall–Kier alpha value is -2.25. The number of thiol groups is 1. The predicted octanol–water partition coefficient (Wildman–Crippen LogP) is 6.60. The van der Waals surface area contributed by atoms with Gasteiger partial charge in [0.05, 0.1) is 0 Å². The lowest BCUT2D eigenvalue weighted by Gasteiger charge is -2.36. The first-order valence-corrected chi connectivity index (χ1v) is 9.11. The van der Waals surface area contributed by atoms with Crippen LogP contribution in [-0.2, 0) is 0 Å². The number of fused-ring (bicyclic) bond motifs is 1. The van der Waals surface area contributed by atoms with E-state index >= 15 is 0 Å². The van der Waals surface area contributed by atoms with Crippen molar-refractivity contribution in [2.75, 3.05) is 0 Å². The molecule has 0 amide bonds. The third-order valence-corrected chi connectivity index (χ3v) is 5.32. The molecule has 1 heteroatoms. The monoisotopic (exact) mass is 344 g/mol. The van der Waals surface area contributed by atoms with E-state index in [1.165, 1.54) is 22.3 Å². The van der Waals surface area contributed by atoms with Gasteiger partial charge in [0.15, 0.2) is 0 Å². The van der Waals surface area contributed by atoms with Crippen molar-refractivity contribution in [3.63, 3.8) is 0 Å². The van der Waals surface area contributed by atoms with Gasteiger partial charge in [0.2, 0.25) is 0 Å². The van der Waals surface area contributed by atoms with Gasteiger partial charge < -0.3 is 0 Å². The van der Waals surface area contributed by atoms with E-state index in [-0.39, 0.29) is 0 Å². The van der Waals surface area contributed by atoms with Gasteiger partial charge in [0, 0.05) is 11.8 Å². The summed E-state index contributed by atoms with van der Waals surface area (Å²) >= 11 is 4.49. The molecular formula is C24H24S. The van der Waals surface area contributed by atoms with Crippen molar-refractivity contribution in [1.29, 1.82) is 0 Å². The smallest absolute Gasteiger partial charge is 0.0134 e. The summed E-state index contributed by atoms with van der Waals surface area (Å²) in [4.78, 5) is 1.15. The Balaban J connectivity index is 2.12. The van der Waals surface area contributed by atoms with Gasteiger partial charge in [0.25, 0.3) is 0 Å². The topological polar surface area (TPSA) is 0 Å². The average molecular weight is 345 g/mol. The largest absolute Gasteiger partial charge is 0.148 e. The van der Waals surface area contributed by atoms with Crippen LogP contribution in [-0.4, -0.2) is 0 Å². The first-order valence-electron chi connectivity index (χ1n) is 8.66. The molecule has 2 atom stereocenters.